The normalized spacial score (nSPS) is 11.8. The van der Waals surface area contributed by atoms with E-state index in [1.54, 1.807) is 12.1 Å². The molecule has 0 aliphatic rings. The van der Waals surface area contributed by atoms with Crippen molar-refractivity contribution in [1.29, 1.82) is 0 Å². The fourth-order valence-electron chi connectivity index (χ4n) is 3.16. The molecule has 0 atom stereocenters. The summed E-state index contributed by atoms with van der Waals surface area (Å²) in [5.74, 6) is 0. The van der Waals surface area contributed by atoms with Crippen molar-refractivity contribution >= 4 is 54.8 Å². The molecule has 0 amide bonds. The maximum atomic E-state index is 13.2. The van der Waals surface area contributed by atoms with Crippen LogP contribution in [0.5, 0.6) is 0 Å². The number of nitrogens with zero attached hydrogens (tertiary/aromatic N) is 2. The molecule has 0 unspecified atom stereocenters. The molecule has 0 N–H and O–H groups in total. The fraction of sp³-hybridized carbons (Fsp3) is 0.0435. The predicted molar refractivity (Wildman–Crippen MR) is 118 cm³/mol. The van der Waals surface area contributed by atoms with Crippen LogP contribution in [0, 0.1) is 0 Å². The van der Waals surface area contributed by atoms with Crippen LogP contribution in [0.25, 0.3) is 32.1 Å². The van der Waals surface area contributed by atoms with Crippen molar-refractivity contribution in [3.05, 3.63) is 93.9 Å². The molecule has 0 aliphatic carbocycles. The molecule has 0 aliphatic heterocycles. The molecule has 0 bridgehead atoms. The molecule has 2 aromatic heterocycles. The van der Waals surface area contributed by atoms with Gasteiger partial charge in [0.15, 0.2) is 0 Å². The first-order valence-corrected chi connectivity index (χ1v) is 10.7. The quantitative estimate of drug-likeness (QED) is 0.291. The molecular weight excluding hydrogens is 425 g/mol. The summed E-state index contributed by atoms with van der Waals surface area (Å²) in [7, 11) is 0. The Kier molecular flexibility index (Phi) is 4.64. The lowest BCUT2D eigenvalue weighted by Gasteiger charge is -2.07. The topological polar surface area (TPSA) is 25.8 Å². The maximum absolute atomic E-state index is 13.2. The molecule has 2 heterocycles. The van der Waals surface area contributed by atoms with Gasteiger partial charge in [0, 0.05) is 5.57 Å². The van der Waals surface area contributed by atoms with Crippen LogP contribution in [0.4, 0.5) is 13.2 Å². The van der Waals surface area contributed by atoms with E-state index in [-0.39, 0.29) is 0 Å². The van der Waals surface area contributed by atoms with Gasteiger partial charge in [0.25, 0.3) is 0 Å². The first-order valence-electron chi connectivity index (χ1n) is 9.08. The summed E-state index contributed by atoms with van der Waals surface area (Å²) in [4.78, 5) is 9.44. The van der Waals surface area contributed by atoms with E-state index < -0.39 is 11.7 Å². The summed E-state index contributed by atoms with van der Waals surface area (Å²) in [6.45, 7) is 0. The molecule has 0 fully saturated rings. The zero-order valence-electron chi connectivity index (χ0n) is 15.4. The number of rotatable bonds is 3. The maximum Gasteiger partial charge on any atom is 0.416 e. The minimum atomic E-state index is -4.39. The molecule has 0 spiro atoms. The van der Waals surface area contributed by atoms with Crippen LogP contribution in [-0.2, 0) is 6.18 Å². The van der Waals surface area contributed by atoms with Crippen molar-refractivity contribution < 1.29 is 13.2 Å². The molecule has 3 aromatic carbocycles. The molecule has 0 radical (unpaired) electrons. The summed E-state index contributed by atoms with van der Waals surface area (Å²) in [6, 6.07) is 20.8. The Balaban J connectivity index is 1.71. The van der Waals surface area contributed by atoms with E-state index >= 15 is 0 Å². The van der Waals surface area contributed by atoms with E-state index in [0.29, 0.717) is 5.56 Å². The second-order valence-corrected chi connectivity index (χ2v) is 8.72. The highest BCUT2D eigenvalue weighted by Crippen LogP contribution is 2.37. The van der Waals surface area contributed by atoms with Crippen molar-refractivity contribution in [2.75, 3.05) is 0 Å². The monoisotopic (exact) mass is 438 g/mol. The summed E-state index contributed by atoms with van der Waals surface area (Å²) < 4.78 is 41.6. The van der Waals surface area contributed by atoms with Gasteiger partial charge in [-0.25, -0.2) is 9.97 Å². The number of hydrogen-bond acceptors (Lipinski definition) is 4. The highest BCUT2D eigenvalue weighted by molar-refractivity contribution is 7.22. The van der Waals surface area contributed by atoms with Crippen molar-refractivity contribution in [3.8, 4) is 0 Å². The van der Waals surface area contributed by atoms with Gasteiger partial charge in [-0.05, 0) is 48.0 Å². The number of halogens is 3. The van der Waals surface area contributed by atoms with Gasteiger partial charge in [-0.3, -0.25) is 0 Å². The second-order valence-electron chi connectivity index (χ2n) is 6.65. The molecule has 0 saturated carbocycles. The highest BCUT2D eigenvalue weighted by Gasteiger charge is 2.30. The van der Waals surface area contributed by atoms with Gasteiger partial charge in [0.1, 0.15) is 10.0 Å². The van der Waals surface area contributed by atoms with E-state index in [4.69, 9.17) is 9.97 Å². The largest absolute Gasteiger partial charge is 0.416 e. The lowest BCUT2D eigenvalue weighted by Crippen LogP contribution is -2.04. The third-order valence-corrected chi connectivity index (χ3v) is 6.71. The smallest absolute Gasteiger partial charge is 0.236 e. The first-order chi connectivity index (χ1) is 14.5. The number of hydrogen-bond donors (Lipinski definition) is 0. The van der Waals surface area contributed by atoms with Gasteiger partial charge in [0.2, 0.25) is 0 Å². The minimum Gasteiger partial charge on any atom is -0.236 e. The van der Waals surface area contributed by atoms with Crippen LogP contribution in [0.1, 0.15) is 21.1 Å². The van der Waals surface area contributed by atoms with Crippen LogP contribution in [-0.4, -0.2) is 9.97 Å². The van der Waals surface area contributed by atoms with Gasteiger partial charge in [0.05, 0.1) is 26.0 Å². The van der Waals surface area contributed by atoms with Crippen LogP contribution in [0.15, 0.2) is 72.8 Å². The van der Waals surface area contributed by atoms with E-state index in [2.05, 4.69) is 0 Å². The number of thiazole rings is 2. The molecule has 0 saturated heterocycles. The highest BCUT2D eigenvalue weighted by atomic mass is 32.1. The molecule has 30 heavy (non-hydrogen) atoms. The number of fused-ring (bicyclic) bond motifs is 2. The second kappa shape index (κ2) is 7.34. The van der Waals surface area contributed by atoms with Gasteiger partial charge in [-0.2, -0.15) is 13.2 Å². The zero-order chi connectivity index (χ0) is 20.7. The Morgan fingerprint density at radius 2 is 1.30 bits per heavy atom. The Morgan fingerprint density at radius 1 is 0.733 bits per heavy atom. The van der Waals surface area contributed by atoms with Gasteiger partial charge < -0.3 is 0 Å². The zero-order valence-corrected chi connectivity index (χ0v) is 17.0. The summed E-state index contributed by atoms with van der Waals surface area (Å²) in [5.41, 5.74) is 2.21. The van der Waals surface area contributed by atoms with E-state index in [1.165, 1.54) is 28.7 Å². The Morgan fingerprint density at radius 3 is 1.83 bits per heavy atom. The fourth-order valence-corrected chi connectivity index (χ4v) is 5.19. The number of aromatic nitrogens is 2. The summed E-state index contributed by atoms with van der Waals surface area (Å²) in [6.07, 6.45) is -2.65. The number of alkyl halides is 3. The molecule has 2 nitrogen and oxygen atoms in total. The van der Waals surface area contributed by atoms with Gasteiger partial charge in [-0.1, -0.05) is 36.4 Å². The van der Waals surface area contributed by atoms with Crippen LogP contribution in [0.2, 0.25) is 0 Å². The third-order valence-electron chi connectivity index (χ3n) is 4.57. The van der Waals surface area contributed by atoms with E-state index in [9.17, 15) is 13.2 Å². The van der Waals surface area contributed by atoms with Crippen LogP contribution >= 0.6 is 22.7 Å². The third kappa shape index (κ3) is 3.62. The Labute approximate surface area is 178 Å². The molecule has 5 rings (SSSR count). The van der Waals surface area contributed by atoms with Gasteiger partial charge >= 0.3 is 6.18 Å². The van der Waals surface area contributed by atoms with E-state index in [0.717, 1.165) is 48.2 Å². The van der Waals surface area contributed by atoms with Crippen molar-refractivity contribution in [2.45, 2.75) is 6.18 Å². The van der Waals surface area contributed by atoms with E-state index in [1.807, 2.05) is 48.5 Å². The SMILES string of the molecule is FC(F)(F)c1cccc(C=C(c2nc3ccccc3s2)c2nc3ccccc3s2)c1. The van der Waals surface area contributed by atoms with Crippen LogP contribution < -0.4 is 0 Å². The molecule has 148 valence electrons. The standard InChI is InChI=1S/C23H13F3N2S2/c24-23(25,26)15-7-5-6-14(12-15)13-16(21-27-17-8-1-3-10-19(17)29-21)22-28-18-9-2-4-11-20(18)30-22/h1-13H. The Bertz CT molecular complexity index is 1250. The first kappa shape index (κ1) is 19.0. The predicted octanol–water partition coefficient (Wildman–Crippen LogP) is 7.51. The average Bonchev–Trinajstić information content (AvgIpc) is 3.35. The number of benzene rings is 3. The molecule has 7 heteroatoms. The number of para-hydroxylation sites is 2. The summed E-state index contributed by atoms with van der Waals surface area (Å²) in [5, 5.41) is 1.46. The van der Waals surface area contributed by atoms with Crippen LogP contribution in [0.3, 0.4) is 0 Å². The minimum absolute atomic E-state index is 0.457. The van der Waals surface area contributed by atoms with Crippen molar-refractivity contribution in [3.63, 3.8) is 0 Å². The summed E-state index contributed by atoms with van der Waals surface area (Å²) >= 11 is 3.01. The van der Waals surface area contributed by atoms with Gasteiger partial charge in [-0.15, -0.1) is 22.7 Å². The molecule has 5 aromatic rings. The lowest BCUT2D eigenvalue weighted by molar-refractivity contribution is -0.137. The lowest BCUT2D eigenvalue weighted by atomic mass is 10.1. The van der Waals surface area contributed by atoms with Crippen molar-refractivity contribution in [2.24, 2.45) is 0 Å². The Hall–Kier alpha value is -3.03. The molecular formula is C23H13F3N2S2. The van der Waals surface area contributed by atoms with Crippen molar-refractivity contribution in [1.82, 2.24) is 9.97 Å². The average molecular weight is 438 g/mol.